The largest absolute Gasteiger partial charge is 0.347 e. The van der Waals surface area contributed by atoms with Crippen LogP contribution in [0.5, 0.6) is 0 Å². The fourth-order valence-electron chi connectivity index (χ4n) is 2.67. The number of hydrogen-bond acceptors (Lipinski definition) is 2. The Morgan fingerprint density at radius 1 is 1.64 bits per heavy atom. The SMILES string of the molecule is CC[C@@H]1CCCC[C@@]1(N)c1ncc[nH]1. The fraction of sp³-hybridized carbons (Fsp3) is 0.727. The summed E-state index contributed by atoms with van der Waals surface area (Å²) in [6.45, 7) is 2.22. The smallest absolute Gasteiger partial charge is 0.126 e. The number of H-pyrrole nitrogens is 1. The lowest BCUT2D eigenvalue weighted by Crippen LogP contribution is -2.47. The van der Waals surface area contributed by atoms with E-state index in [0.717, 1.165) is 18.7 Å². The molecule has 0 spiro atoms. The van der Waals surface area contributed by atoms with Crippen LogP contribution in [0.15, 0.2) is 12.4 Å². The summed E-state index contributed by atoms with van der Waals surface area (Å²) in [7, 11) is 0. The molecule has 1 aliphatic carbocycles. The van der Waals surface area contributed by atoms with E-state index in [-0.39, 0.29) is 5.54 Å². The molecule has 3 heteroatoms. The number of aromatic amines is 1. The standard InChI is InChI=1S/C11H19N3/c1-2-9-5-3-4-6-11(9,12)10-13-7-8-14-10/h7-9H,2-6,12H2,1H3,(H,13,14)/t9-,11+/m1/s1. The number of imidazole rings is 1. The van der Waals surface area contributed by atoms with Crippen LogP contribution in [0.4, 0.5) is 0 Å². The molecule has 0 saturated heterocycles. The van der Waals surface area contributed by atoms with Crippen molar-refractivity contribution in [2.75, 3.05) is 0 Å². The minimum atomic E-state index is -0.198. The van der Waals surface area contributed by atoms with Gasteiger partial charge in [-0.1, -0.05) is 26.2 Å². The first-order valence-electron chi connectivity index (χ1n) is 5.56. The first-order valence-corrected chi connectivity index (χ1v) is 5.56. The van der Waals surface area contributed by atoms with Gasteiger partial charge in [0.15, 0.2) is 0 Å². The van der Waals surface area contributed by atoms with E-state index in [1.165, 1.54) is 19.3 Å². The van der Waals surface area contributed by atoms with E-state index in [9.17, 15) is 0 Å². The van der Waals surface area contributed by atoms with Gasteiger partial charge in [-0.15, -0.1) is 0 Å². The number of rotatable bonds is 2. The average Bonchev–Trinajstić information content (AvgIpc) is 2.72. The first-order chi connectivity index (χ1) is 6.77. The van der Waals surface area contributed by atoms with Crippen molar-refractivity contribution in [1.29, 1.82) is 0 Å². The highest BCUT2D eigenvalue weighted by atomic mass is 15.0. The summed E-state index contributed by atoms with van der Waals surface area (Å²) in [6.07, 6.45) is 9.67. The maximum absolute atomic E-state index is 6.49. The zero-order valence-electron chi connectivity index (χ0n) is 8.79. The van der Waals surface area contributed by atoms with Crippen molar-refractivity contribution < 1.29 is 0 Å². The van der Waals surface area contributed by atoms with Gasteiger partial charge in [-0.05, 0) is 18.8 Å². The Balaban J connectivity index is 2.27. The Hall–Kier alpha value is -0.830. The average molecular weight is 193 g/mol. The quantitative estimate of drug-likeness (QED) is 0.756. The molecule has 2 rings (SSSR count). The van der Waals surface area contributed by atoms with Crippen LogP contribution in [-0.4, -0.2) is 9.97 Å². The summed E-state index contributed by atoms with van der Waals surface area (Å²) in [6, 6.07) is 0. The summed E-state index contributed by atoms with van der Waals surface area (Å²) < 4.78 is 0. The Kier molecular flexibility index (Phi) is 2.59. The zero-order chi connectivity index (χ0) is 10.0. The van der Waals surface area contributed by atoms with Crippen LogP contribution in [-0.2, 0) is 5.54 Å². The second-order valence-corrected chi connectivity index (χ2v) is 4.33. The maximum atomic E-state index is 6.49. The lowest BCUT2D eigenvalue weighted by molar-refractivity contribution is 0.175. The Morgan fingerprint density at radius 2 is 2.50 bits per heavy atom. The monoisotopic (exact) mass is 193 g/mol. The first kappa shape index (κ1) is 9.71. The van der Waals surface area contributed by atoms with E-state index < -0.39 is 0 Å². The van der Waals surface area contributed by atoms with Gasteiger partial charge in [0.05, 0.1) is 5.54 Å². The summed E-state index contributed by atoms with van der Waals surface area (Å²) in [5.74, 6) is 1.56. The van der Waals surface area contributed by atoms with Gasteiger partial charge in [0.1, 0.15) is 5.82 Å². The molecule has 1 saturated carbocycles. The van der Waals surface area contributed by atoms with E-state index in [4.69, 9.17) is 5.73 Å². The predicted octanol–water partition coefficient (Wildman–Crippen LogP) is 2.16. The number of nitrogens with two attached hydrogens (primary N) is 1. The molecule has 0 amide bonds. The van der Waals surface area contributed by atoms with Crippen molar-refractivity contribution in [1.82, 2.24) is 9.97 Å². The van der Waals surface area contributed by atoms with Gasteiger partial charge in [-0.25, -0.2) is 4.98 Å². The molecule has 2 atom stereocenters. The molecular formula is C11H19N3. The zero-order valence-corrected chi connectivity index (χ0v) is 8.79. The van der Waals surface area contributed by atoms with Crippen molar-refractivity contribution in [3.8, 4) is 0 Å². The van der Waals surface area contributed by atoms with Crippen LogP contribution >= 0.6 is 0 Å². The van der Waals surface area contributed by atoms with Crippen molar-refractivity contribution in [2.45, 2.75) is 44.6 Å². The highest BCUT2D eigenvalue weighted by Gasteiger charge is 2.39. The van der Waals surface area contributed by atoms with Gasteiger partial charge in [0.2, 0.25) is 0 Å². The minimum absolute atomic E-state index is 0.198. The van der Waals surface area contributed by atoms with Crippen LogP contribution in [0, 0.1) is 5.92 Å². The van der Waals surface area contributed by atoms with Crippen molar-refractivity contribution in [3.05, 3.63) is 18.2 Å². The number of hydrogen-bond donors (Lipinski definition) is 2. The highest BCUT2D eigenvalue weighted by Crippen LogP contribution is 2.39. The van der Waals surface area contributed by atoms with Gasteiger partial charge in [-0.3, -0.25) is 0 Å². The normalized spacial score (nSPS) is 33.1. The van der Waals surface area contributed by atoms with Crippen LogP contribution < -0.4 is 5.73 Å². The van der Waals surface area contributed by atoms with Crippen LogP contribution in [0.2, 0.25) is 0 Å². The molecule has 3 N–H and O–H groups in total. The Labute approximate surface area is 85.1 Å². The molecule has 0 aromatic carbocycles. The third-order valence-corrected chi connectivity index (χ3v) is 3.55. The number of nitrogens with zero attached hydrogens (tertiary/aromatic N) is 1. The van der Waals surface area contributed by atoms with E-state index in [2.05, 4.69) is 16.9 Å². The van der Waals surface area contributed by atoms with E-state index in [1.807, 2.05) is 6.20 Å². The fourth-order valence-corrected chi connectivity index (χ4v) is 2.67. The van der Waals surface area contributed by atoms with E-state index >= 15 is 0 Å². The molecule has 3 nitrogen and oxygen atoms in total. The van der Waals surface area contributed by atoms with Gasteiger partial charge < -0.3 is 10.7 Å². The minimum Gasteiger partial charge on any atom is -0.347 e. The second kappa shape index (κ2) is 3.73. The molecule has 1 fully saturated rings. The van der Waals surface area contributed by atoms with Gasteiger partial charge >= 0.3 is 0 Å². The van der Waals surface area contributed by atoms with Gasteiger partial charge in [-0.2, -0.15) is 0 Å². The number of nitrogens with one attached hydrogen (secondary N) is 1. The molecule has 1 aliphatic rings. The molecule has 78 valence electrons. The summed E-state index contributed by atoms with van der Waals surface area (Å²) in [4.78, 5) is 7.50. The predicted molar refractivity (Wildman–Crippen MR) is 56.7 cm³/mol. The molecule has 1 aromatic rings. The third-order valence-electron chi connectivity index (χ3n) is 3.55. The molecule has 1 aromatic heterocycles. The van der Waals surface area contributed by atoms with Crippen LogP contribution in [0.1, 0.15) is 44.9 Å². The van der Waals surface area contributed by atoms with Gasteiger partial charge in [0, 0.05) is 12.4 Å². The second-order valence-electron chi connectivity index (χ2n) is 4.33. The highest BCUT2D eigenvalue weighted by molar-refractivity contribution is 5.09. The Bertz CT molecular complexity index is 281. The van der Waals surface area contributed by atoms with Crippen molar-refractivity contribution in [3.63, 3.8) is 0 Å². The van der Waals surface area contributed by atoms with Crippen molar-refractivity contribution >= 4 is 0 Å². The summed E-state index contributed by atoms with van der Waals surface area (Å²) in [5, 5.41) is 0. The van der Waals surface area contributed by atoms with E-state index in [1.54, 1.807) is 6.20 Å². The molecule has 14 heavy (non-hydrogen) atoms. The Morgan fingerprint density at radius 3 is 3.14 bits per heavy atom. The molecule has 0 radical (unpaired) electrons. The molecule has 0 bridgehead atoms. The maximum Gasteiger partial charge on any atom is 0.126 e. The van der Waals surface area contributed by atoms with Crippen molar-refractivity contribution in [2.24, 2.45) is 11.7 Å². The third kappa shape index (κ3) is 1.46. The van der Waals surface area contributed by atoms with Gasteiger partial charge in [0.25, 0.3) is 0 Å². The topological polar surface area (TPSA) is 54.7 Å². The van der Waals surface area contributed by atoms with E-state index in [0.29, 0.717) is 5.92 Å². The molecule has 1 heterocycles. The molecule has 0 unspecified atom stereocenters. The lowest BCUT2D eigenvalue weighted by atomic mass is 9.71. The number of aromatic nitrogens is 2. The summed E-state index contributed by atoms with van der Waals surface area (Å²) in [5.41, 5.74) is 6.29. The lowest BCUT2D eigenvalue weighted by Gasteiger charge is -2.39. The molecule has 0 aliphatic heterocycles. The molecular weight excluding hydrogens is 174 g/mol. The summed E-state index contributed by atoms with van der Waals surface area (Å²) >= 11 is 0. The van der Waals surface area contributed by atoms with Crippen LogP contribution in [0.3, 0.4) is 0 Å². The van der Waals surface area contributed by atoms with Crippen LogP contribution in [0.25, 0.3) is 0 Å².